The van der Waals surface area contributed by atoms with Crippen LogP contribution in [-0.4, -0.2) is 17.7 Å². The van der Waals surface area contributed by atoms with Crippen molar-refractivity contribution in [3.05, 3.63) is 40.0 Å². The average Bonchev–Trinajstić information content (AvgIpc) is 2.96. The zero-order valence-corrected chi connectivity index (χ0v) is 10.9. The SMILES string of the molecule is CSC(=Cc1cc(C2=CC=CC2)on1)SC. The van der Waals surface area contributed by atoms with Gasteiger partial charge >= 0.3 is 0 Å². The van der Waals surface area contributed by atoms with Gasteiger partial charge in [0.15, 0.2) is 5.76 Å². The Morgan fingerprint density at radius 3 is 2.88 bits per heavy atom. The molecule has 0 radical (unpaired) electrons. The molecule has 0 aliphatic heterocycles. The molecule has 1 aromatic rings. The lowest BCUT2D eigenvalue weighted by Gasteiger charge is -1.94. The first-order valence-corrected chi connectivity index (χ1v) is 7.41. The van der Waals surface area contributed by atoms with Crippen molar-refractivity contribution in [2.75, 3.05) is 12.5 Å². The first kappa shape index (κ1) is 11.6. The molecule has 0 spiro atoms. The Kier molecular flexibility index (Phi) is 3.96. The monoisotopic (exact) mass is 251 g/mol. The van der Waals surface area contributed by atoms with Gasteiger partial charge in [-0.3, -0.25) is 0 Å². The fraction of sp³-hybridized carbons (Fsp3) is 0.250. The highest BCUT2D eigenvalue weighted by molar-refractivity contribution is 8.21. The quantitative estimate of drug-likeness (QED) is 0.806. The Hall–Kier alpha value is -0.870. The molecule has 4 heteroatoms. The minimum absolute atomic E-state index is 0.873. The fourth-order valence-corrected chi connectivity index (χ4v) is 2.60. The van der Waals surface area contributed by atoms with Crippen molar-refractivity contribution in [2.24, 2.45) is 0 Å². The minimum Gasteiger partial charge on any atom is -0.356 e. The van der Waals surface area contributed by atoms with Gasteiger partial charge in [0.05, 0.1) is 0 Å². The number of rotatable bonds is 4. The highest BCUT2D eigenvalue weighted by Crippen LogP contribution is 2.28. The molecule has 0 atom stereocenters. The van der Waals surface area contributed by atoms with E-state index in [-0.39, 0.29) is 0 Å². The number of hydrogen-bond acceptors (Lipinski definition) is 4. The number of hydrogen-bond donors (Lipinski definition) is 0. The fourth-order valence-electron chi connectivity index (χ4n) is 1.46. The smallest absolute Gasteiger partial charge is 0.163 e. The summed E-state index contributed by atoms with van der Waals surface area (Å²) in [5, 5.41) is 4.05. The van der Waals surface area contributed by atoms with E-state index in [4.69, 9.17) is 4.52 Å². The van der Waals surface area contributed by atoms with Crippen LogP contribution in [0.4, 0.5) is 0 Å². The summed E-state index contributed by atoms with van der Waals surface area (Å²) in [5.41, 5.74) is 2.09. The summed E-state index contributed by atoms with van der Waals surface area (Å²) < 4.78 is 6.55. The summed E-state index contributed by atoms with van der Waals surface area (Å²) >= 11 is 3.44. The second-order valence-corrected chi connectivity index (χ2v) is 5.27. The molecular weight excluding hydrogens is 238 g/mol. The maximum atomic E-state index is 5.32. The van der Waals surface area contributed by atoms with Crippen molar-refractivity contribution >= 4 is 35.2 Å². The van der Waals surface area contributed by atoms with Crippen LogP contribution in [0.5, 0.6) is 0 Å². The lowest BCUT2D eigenvalue weighted by molar-refractivity contribution is 0.408. The molecular formula is C12H13NOS2. The van der Waals surface area contributed by atoms with Gasteiger partial charge in [0.25, 0.3) is 0 Å². The van der Waals surface area contributed by atoms with Crippen molar-refractivity contribution in [3.63, 3.8) is 0 Å². The standard InChI is InChI=1S/C12H13NOS2/c1-15-12(16-2)8-10-7-11(14-13-10)9-5-3-4-6-9/h3-5,7-8H,6H2,1-2H3. The van der Waals surface area contributed by atoms with Crippen LogP contribution in [0.15, 0.2) is 33.1 Å². The van der Waals surface area contributed by atoms with E-state index in [2.05, 4.69) is 29.8 Å². The van der Waals surface area contributed by atoms with E-state index >= 15 is 0 Å². The number of nitrogens with zero attached hydrogens (tertiary/aromatic N) is 1. The van der Waals surface area contributed by atoms with Crippen molar-refractivity contribution < 1.29 is 4.52 Å². The van der Waals surface area contributed by atoms with Crippen LogP contribution in [0.25, 0.3) is 11.6 Å². The summed E-state index contributed by atoms with van der Waals surface area (Å²) in [5.74, 6) is 0.873. The second-order valence-electron chi connectivity index (χ2n) is 3.31. The molecule has 0 N–H and O–H groups in total. The summed E-state index contributed by atoms with van der Waals surface area (Å²) in [4.78, 5) is 0. The maximum absolute atomic E-state index is 5.32. The molecule has 16 heavy (non-hydrogen) atoms. The topological polar surface area (TPSA) is 26.0 Å². The Balaban J connectivity index is 2.16. The van der Waals surface area contributed by atoms with Crippen LogP contribution in [0.1, 0.15) is 17.9 Å². The first-order valence-electron chi connectivity index (χ1n) is 4.96. The summed E-state index contributed by atoms with van der Waals surface area (Å²) in [6.07, 6.45) is 13.3. The number of thioether (sulfide) groups is 2. The van der Waals surface area contributed by atoms with Gasteiger partial charge in [-0.05, 0) is 25.0 Å². The van der Waals surface area contributed by atoms with Gasteiger partial charge in [-0.15, -0.1) is 23.5 Å². The molecule has 0 bridgehead atoms. The molecule has 2 rings (SSSR count). The highest BCUT2D eigenvalue weighted by atomic mass is 32.2. The molecule has 0 fully saturated rings. The van der Waals surface area contributed by atoms with Gasteiger partial charge in [-0.1, -0.05) is 23.4 Å². The minimum atomic E-state index is 0.873. The molecule has 0 saturated heterocycles. The molecule has 84 valence electrons. The van der Waals surface area contributed by atoms with E-state index in [1.807, 2.05) is 18.2 Å². The van der Waals surface area contributed by atoms with E-state index in [0.29, 0.717) is 0 Å². The van der Waals surface area contributed by atoms with Gasteiger partial charge < -0.3 is 4.52 Å². The zero-order chi connectivity index (χ0) is 11.4. The predicted octanol–water partition coefficient (Wildman–Crippen LogP) is 4.04. The van der Waals surface area contributed by atoms with E-state index in [9.17, 15) is 0 Å². The van der Waals surface area contributed by atoms with Gasteiger partial charge in [0.1, 0.15) is 5.69 Å². The van der Waals surface area contributed by atoms with Crippen LogP contribution in [0.2, 0.25) is 0 Å². The van der Waals surface area contributed by atoms with Crippen LogP contribution in [0.3, 0.4) is 0 Å². The van der Waals surface area contributed by atoms with Crippen LogP contribution >= 0.6 is 23.5 Å². The molecule has 1 heterocycles. The highest BCUT2D eigenvalue weighted by Gasteiger charge is 2.09. The Bertz CT molecular complexity index is 451. The van der Waals surface area contributed by atoms with E-state index in [1.165, 1.54) is 9.81 Å². The maximum Gasteiger partial charge on any atom is 0.163 e. The Labute approximate surface area is 104 Å². The van der Waals surface area contributed by atoms with Gasteiger partial charge in [-0.2, -0.15) is 0 Å². The molecule has 2 nitrogen and oxygen atoms in total. The molecule has 1 aliphatic rings. The summed E-state index contributed by atoms with van der Waals surface area (Å²) in [6.45, 7) is 0. The molecule has 0 amide bonds. The van der Waals surface area contributed by atoms with Crippen LogP contribution in [0, 0.1) is 0 Å². The molecule has 0 saturated carbocycles. The van der Waals surface area contributed by atoms with Crippen molar-refractivity contribution in [1.82, 2.24) is 5.16 Å². The van der Waals surface area contributed by atoms with Crippen molar-refractivity contribution in [1.29, 1.82) is 0 Å². The normalized spacial score (nSPS) is 14.0. The Morgan fingerprint density at radius 1 is 1.44 bits per heavy atom. The van der Waals surface area contributed by atoms with Crippen LogP contribution < -0.4 is 0 Å². The second kappa shape index (κ2) is 5.46. The first-order chi connectivity index (χ1) is 7.83. The van der Waals surface area contributed by atoms with E-state index in [0.717, 1.165) is 17.9 Å². The summed E-state index contributed by atoms with van der Waals surface area (Å²) in [6, 6.07) is 1.99. The lowest BCUT2D eigenvalue weighted by atomic mass is 10.2. The third-order valence-corrected chi connectivity index (χ3v) is 4.32. The zero-order valence-electron chi connectivity index (χ0n) is 9.27. The van der Waals surface area contributed by atoms with Crippen molar-refractivity contribution in [2.45, 2.75) is 6.42 Å². The van der Waals surface area contributed by atoms with Gasteiger partial charge in [0.2, 0.25) is 0 Å². The molecule has 1 aromatic heterocycles. The molecule has 0 aromatic carbocycles. The number of aromatic nitrogens is 1. The third kappa shape index (κ3) is 2.62. The lowest BCUT2D eigenvalue weighted by Crippen LogP contribution is -1.74. The van der Waals surface area contributed by atoms with E-state index < -0.39 is 0 Å². The van der Waals surface area contributed by atoms with E-state index in [1.54, 1.807) is 23.5 Å². The predicted molar refractivity (Wildman–Crippen MR) is 73.2 cm³/mol. The number of allylic oxidation sites excluding steroid dienone is 4. The summed E-state index contributed by atoms with van der Waals surface area (Å²) in [7, 11) is 0. The molecule has 0 unspecified atom stereocenters. The largest absolute Gasteiger partial charge is 0.356 e. The van der Waals surface area contributed by atoms with Gasteiger partial charge in [-0.25, -0.2) is 0 Å². The van der Waals surface area contributed by atoms with Crippen molar-refractivity contribution in [3.8, 4) is 0 Å². The third-order valence-electron chi connectivity index (χ3n) is 2.28. The molecule has 1 aliphatic carbocycles. The average molecular weight is 251 g/mol. The Morgan fingerprint density at radius 2 is 2.25 bits per heavy atom. The van der Waals surface area contributed by atoms with Crippen LogP contribution in [-0.2, 0) is 0 Å². The van der Waals surface area contributed by atoms with Gasteiger partial charge in [0, 0.05) is 15.9 Å².